The number of carbonyl (C=O) groups excluding carboxylic acids is 1. The monoisotopic (exact) mass is 439 g/mol. The van der Waals surface area contributed by atoms with Crippen LogP contribution in [0.1, 0.15) is 12.8 Å². The van der Waals surface area contributed by atoms with Crippen molar-refractivity contribution >= 4 is 39.9 Å². The van der Waals surface area contributed by atoms with Crippen LogP contribution in [0.4, 0.5) is 4.79 Å². The molecule has 0 aromatic heterocycles. The number of rotatable bonds is 6. The molecule has 0 aliphatic carbocycles. The smallest absolute Gasteiger partial charge is 0.317 e. The van der Waals surface area contributed by atoms with Gasteiger partial charge in [-0.25, -0.2) is 13.2 Å². The third-order valence-electron chi connectivity index (χ3n) is 4.35. The number of ether oxygens (including phenoxy) is 1. The number of hydrogen-bond donors (Lipinski definition) is 1. The Balaban J connectivity index is 0.00000364. The summed E-state index contributed by atoms with van der Waals surface area (Å²) in [6.07, 6.45) is 1.15. The SMILES string of the molecule is COc1cc(Cl)cc(S(=O)(=O)C2CCCN(C(=O)NCCN(C)C)C2)c1.Cl. The van der Waals surface area contributed by atoms with Crippen molar-refractivity contribution in [3.8, 4) is 5.75 Å². The standard InChI is InChI=1S/C17H26ClN3O4S.ClH/c1-20(2)8-6-19-17(22)21-7-4-5-15(12-21)26(23,24)16-10-13(18)9-14(11-16)25-3;/h9-11,15H,4-8,12H2,1-3H3,(H,19,22);1H. The number of likely N-dealkylation sites (N-methyl/N-ethyl adjacent to an activating group) is 1. The van der Waals surface area contributed by atoms with Crippen LogP contribution in [0, 0.1) is 0 Å². The highest BCUT2D eigenvalue weighted by atomic mass is 35.5. The number of hydrogen-bond acceptors (Lipinski definition) is 5. The van der Waals surface area contributed by atoms with E-state index in [1.807, 2.05) is 19.0 Å². The molecule has 1 unspecified atom stereocenters. The maximum absolute atomic E-state index is 13.0. The first-order valence-corrected chi connectivity index (χ1v) is 10.4. The van der Waals surface area contributed by atoms with Crippen LogP contribution in [0.15, 0.2) is 23.1 Å². The van der Waals surface area contributed by atoms with Gasteiger partial charge in [0.05, 0.1) is 17.3 Å². The Labute approximate surface area is 172 Å². The Bertz CT molecular complexity index is 744. The zero-order valence-electron chi connectivity index (χ0n) is 15.8. The molecular formula is C17H27Cl2N3O4S. The maximum Gasteiger partial charge on any atom is 0.317 e. The molecule has 154 valence electrons. The summed E-state index contributed by atoms with van der Waals surface area (Å²) in [7, 11) is 1.70. The molecule has 1 heterocycles. The van der Waals surface area contributed by atoms with E-state index in [1.165, 1.54) is 19.2 Å². The molecule has 1 fully saturated rings. The number of amides is 2. The van der Waals surface area contributed by atoms with Gasteiger partial charge in [-0.15, -0.1) is 12.4 Å². The fourth-order valence-corrected chi connectivity index (χ4v) is 4.99. The second-order valence-corrected chi connectivity index (χ2v) is 9.28. The van der Waals surface area contributed by atoms with Crippen molar-refractivity contribution in [3.63, 3.8) is 0 Å². The van der Waals surface area contributed by atoms with E-state index in [2.05, 4.69) is 5.32 Å². The van der Waals surface area contributed by atoms with Gasteiger partial charge in [0, 0.05) is 31.2 Å². The molecule has 1 N–H and O–H groups in total. The van der Waals surface area contributed by atoms with Gasteiger partial charge < -0.3 is 19.9 Å². The highest BCUT2D eigenvalue weighted by Gasteiger charge is 2.34. The zero-order chi connectivity index (χ0) is 19.3. The predicted molar refractivity (Wildman–Crippen MR) is 109 cm³/mol. The summed E-state index contributed by atoms with van der Waals surface area (Å²) >= 11 is 6.01. The van der Waals surface area contributed by atoms with Crippen molar-refractivity contribution in [1.29, 1.82) is 0 Å². The lowest BCUT2D eigenvalue weighted by molar-refractivity contribution is 0.186. The largest absolute Gasteiger partial charge is 0.497 e. The maximum atomic E-state index is 13.0. The van der Waals surface area contributed by atoms with Crippen molar-refractivity contribution in [2.75, 3.05) is 47.4 Å². The van der Waals surface area contributed by atoms with E-state index in [0.29, 0.717) is 36.7 Å². The highest BCUT2D eigenvalue weighted by molar-refractivity contribution is 7.92. The van der Waals surface area contributed by atoms with Crippen molar-refractivity contribution in [3.05, 3.63) is 23.2 Å². The van der Waals surface area contributed by atoms with Gasteiger partial charge in [-0.3, -0.25) is 0 Å². The number of benzene rings is 1. The molecule has 2 amide bonds. The lowest BCUT2D eigenvalue weighted by Gasteiger charge is -2.32. The zero-order valence-corrected chi connectivity index (χ0v) is 18.2. The summed E-state index contributed by atoms with van der Waals surface area (Å²) in [5.41, 5.74) is 0. The summed E-state index contributed by atoms with van der Waals surface area (Å²) in [5.74, 6) is 0.394. The first-order chi connectivity index (χ1) is 12.2. The fourth-order valence-electron chi connectivity index (χ4n) is 2.89. The number of halogens is 2. The van der Waals surface area contributed by atoms with Crippen molar-refractivity contribution < 1.29 is 17.9 Å². The molecule has 1 aliphatic rings. The number of sulfone groups is 1. The molecule has 2 rings (SSSR count). The number of urea groups is 1. The van der Waals surface area contributed by atoms with Crippen molar-refractivity contribution in [1.82, 2.24) is 15.1 Å². The van der Waals surface area contributed by atoms with Gasteiger partial charge in [0.2, 0.25) is 0 Å². The van der Waals surface area contributed by atoms with Crippen LogP contribution in [-0.4, -0.2) is 76.9 Å². The molecule has 1 aromatic rings. The molecule has 1 atom stereocenters. The molecule has 1 aliphatic heterocycles. The lowest BCUT2D eigenvalue weighted by atomic mass is 10.1. The Morgan fingerprint density at radius 2 is 2.07 bits per heavy atom. The van der Waals surface area contributed by atoms with Crippen LogP contribution >= 0.6 is 24.0 Å². The number of likely N-dealkylation sites (tertiary alicyclic amines) is 1. The summed E-state index contributed by atoms with van der Waals surface area (Å²) in [5, 5.41) is 2.48. The number of methoxy groups -OCH3 is 1. The average molecular weight is 440 g/mol. The molecular weight excluding hydrogens is 413 g/mol. The predicted octanol–water partition coefficient (Wildman–Crippen LogP) is 2.28. The number of nitrogens with zero attached hydrogens (tertiary/aromatic N) is 2. The van der Waals surface area contributed by atoms with E-state index in [-0.39, 0.29) is 29.9 Å². The highest BCUT2D eigenvalue weighted by Crippen LogP contribution is 2.29. The van der Waals surface area contributed by atoms with E-state index in [9.17, 15) is 13.2 Å². The van der Waals surface area contributed by atoms with Gasteiger partial charge in [-0.1, -0.05) is 11.6 Å². The van der Waals surface area contributed by atoms with Gasteiger partial charge in [0.15, 0.2) is 9.84 Å². The van der Waals surface area contributed by atoms with Gasteiger partial charge in [0.25, 0.3) is 0 Å². The van der Waals surface area contributed by atoms with E-state index in [1.54, 1.807) is 11.0 Å². The fraction of sp³-hybridized carbons (Fsp3) is 0.588. The molecule has 0 saturated carbocycles. The van der Waals surface area contributed by atoms with Gasteiger partial charge in [0.1, 0.15) is 5.75 Å². The second kappa shape index (κ2) is 10.4. The van der Waals surface area contributed by atoms with E-state index >= 15 is 0 Å². The molecule has 27 heavy (non-hydrogen) atoms. The topological polar surface area (TPSA) is 79.0 Å². The van der Waals surface area contributed by atoms with Crippen molar-refractivity contribution in [2.45, 2.75) is 23.0 Å². The molecule has 1 aromatic carbocycles. The van der Waals surface area contributed by atoms with Gasteiger partial charge >= 0.3 is 6.03 Å². The summed E-state index contributed by atoms with van der Waals surface area (Å²) in [4.78, 5) is 16.0. The van der Waals surface area contributed by atoms with E-state index in [4.69, 9.17) is 16.3 Å². The van der Waals surface area contributed by atoms with Crippen LogP contribution in [-0.2, 0) is 9.84 Å². The third kappa shape index (κ3) is 6.41. The Morgan fingerprint density at radius 3 is 2.70 bits per heavy atom. The quantitative estimate of drug-likeness (QED) is 0.735. The summed E-state index contributed by atoms with van der Waals surface area (Å²) in [6.45, 7) is 1.97. The van der Waals surface area contributed by atoms with Crippen LogP contribution in [0.25, 0.3) is 0 Å². The van der Waals surface area contributed by atoms with Crippen LogP contribution in [0.2, 0.25) is 5.02 Å². The number of nitrogens with one attached hydrogen (secondary N) is 1. The van der Waals surface area contributed by atoms with Gasteiger partial charge in [-0.05, 0) is 45.1 Å². The van der Waals surface area contributed by atoms with E-state index < -0.39 is 15.1 Å². The minimum Gasteiger partial charge on any atom is -0.497 e. The number of piperidine rings is 1. The Morgan fingerprint density at radius 1 is 1.37 bits per heavy atom. The Hall–Kier alpha value is -1.22. The van der Waals surface area contributed by atoms with E-state index in [0.717, 1.165) is 6.54 Å². The van der Waals surface area contributed by atoms with Crippen molar-refractivity contribution in [2.24, 2.45) is 0 Å². The lowest BCUT2D eigenvalue weighted by Crippen LogP contribution is -2.49. The molecule has 1 saturated heterocycles. The van der Waals surface area contributed by atoms with Crippen LogP contribution < -0.4 is 10.1 Å². The summed E-state index contributed by atoms with van der Waals surface area (Å²) in [6, 6.07) is 4.23. The molecule has 0 spiro atoms. The first-order valence-electron chi connectivity index (χ1n) is 8.50. The first kappa shape index (κ1) is 23.8. The minimum atomic E-state index is -3.61. The number of carbonyl (C=O) groups is 1. The third-order valence-corrected chi connectivity index (χ3v) is 6.72. The normalized spacial score (nSPS) is 17.4. The average Bonchev–Trinajstić information content (AvgIpc) is 2.60. The van der Waals surface area contributed by atoms with Crippen LogP contribution in [0.3, 0.4) is 0 Å². The minimum absolute atomic E-state index is 0. The molecule has 0 radical (unpaired) electrons. The van der Waals surface area contributed by atoms with Gasteiger partial charge in [-0.2, -0.15) is 0 Å². The summed E-state index contributed by atoms with van der Waals surface area (Å²) < 4.78 is 31.1. The second-order valence-electron chi connectivity index (χ2n) is 6.62. The molecule has 0 bridgehead atoms. The molecule has 7 nitrogen and oxygen atoms in total. The molecule has 10 heteroatoms. The van der Waals surface area contributed by atoms with Crippen LogP contribution in [0.5, 0.6) is 5.75 Å². The Kier molecular flexibility index (Phi) is 9.14.